The quantitative estimate of drug-likeness (QED) is 0.632. The first-order chi connectivity index (χ1) is 13.7. The number of aromatic nitrogens is 1. The van der Waals surface area contributed by atoms with Gasteiger partial charge in [0.25, 0.3) is 0 Å². The number of benzene rings is 1. The molecular weight excluding hydrogens is 392 g/mol. The van der Waals surface area contributed by atoms with Crippen LogP contribution in [-0.4, -0.2) is 34.8 Å². The van der Waals surface area contributed by atoms with E-state index in [9.17, 15) is 9.59 Å². The highest BCUT2D eigenvalue weighted by Gasteiger charge is 2.26. The number of nitrogens with zero attached hydrogens (tertiary/aromatic N) is 2. The monoisotopic (exact) mass is 412 g/mol. The number of anilines is 1. The molecule has 1 unspecified atom stereocenters. The van der Waals surface area contributed by atoms with E-state index in [1.807, 2.05) is 5.38 Å². The van der Waals surface area contributed by atoms with Crippen LogP contribution in [-0.2, 0) is 22.6 Å². The van der Waals surface area contributed by atoms with E-state index >= 15 is 0 Å². The van der Waals surface area contributed by atoms with Crippen LogP contribution in [0.4, 0.5) is 5.13 Å². The van der Waals surface area contributed by atoms with Gasteiger partial charge in [-0.15, -0.1) is 11.3 Å². The zero-order chi connectivity index (χ0) is 19.3. The van der Waals surface area contributed by atoms with Crippen molar-refractivity contribution in [1.29, 1.82) is 0 Å². The average Bonchev–Trinajstić information content (AvgIpc) is 3.42. The molecule has 144 valence electrons. The fourth-order valence-corrected chi connectivity index (χ4v) is 4.65. The summed E-state index contributed by atoms with van der Waals surface area (Å²) < 4.78 is 0. The number of thiazole rings is 1. The highest BCUT2D eigenvalue weighted by molar-refractivity contribution is 7.13. The van der Waals surface area contributed by atoms with Crippen LogP contribution in [0.1, 0.15) is 22.7 Å². The van der Waals surface area contributed by atoms with Gasteiger partial charge >= 0.3 is 11.8 Å². The van der Waals surface area contributed by atoms with E-state index < -0.39 is 11.8 Å². The summed E-state index contributed by atoms with van der Waals surface area (Å²) in [7, 11) is 0. The Labute approximate surface area is 171 Å². The fraction of sp³-hybridized carbons (Fsp3) is 0.250. The van der Waals surface area contributed by atoms with E-state index in [4.69, 9.17) is 0 Å². The number of nitrogens with one attached hydrogen (secondary N) is 2. The fourth-order valence-electron chi connectivity index (χ4n) is 3.41. The second-order valence-electron chi connectivity index (χ2n) is 6.56. The molecule has 4 rings (SSSR count). The van der Waals surface area contributed by atoms with Crippen molar-refractivity contribution in [2.75, 3.05) is 18.4 Å². The summed E-state index contributed by atoms with van der Waals surface area (Å²) in [5.41, 5.74) is 3.86. The van der Waals surface area contributed by atoms with Crippen LogP contribution in [0.25, 0.3) is 0 Å². The van der Waals surface area contributed by atoms with Crippen LogP contribution in [0.3, 0.4) is 0 Å². The zero-order valence-electron chi connectivity index (χ0n) is 15.1. The van der Waals surface area contributed by atoms with Gasteiger partial charge in [0.05, 0.1) is 6.04 Å². The van der Waals surface area contributed by atoms with Crippen molar-refractivity contribution < 1.29 is 9.59 Å². The van der Waals surface area contributed by atoms with Crippen LogP contribution >= 0.6 is 22.7 Å². The van der Waals surface area contributed by atoms with Crippen LogP contribution in [0.5, 0.6) is 0 Å². The Morgan fingerprint density at radius 1 is 1.14 bits per heavy atom. The summed E-state index contributed by atoms with van der Waals surface area (Å²) in [5.74, 6) is -1.34. The summed E-state index contributed by atoms with van der Waals surface area (Å²) in [6.45, 7) is 2.12. The summed E-state index contributed by atoms with van der Waals surface area (Å²) in [5, 5.41) is 11.6. The molecule has 0 radical (unpaired) electrons. The molecule has 3 heterocycles. The number of amides is 2. The lowest BCUT2D eigenvalue weighted by Crippen LogP contribution is -2.43. The molecule has 3 aromatic rings. The number of hydrogen-bond acceptors (Lipinski definition) is 6. The van der Waals surface area contributed by atoms with Crippen molar-refractivity contribution in [2.45, 2.75) is 19.0 Å². The lowest BCUT2D eigenvalue weighted by molar-refractivity contribution is -0.136. The maximum atomic E-state index is 12.3. The summed E-state index contributed by atoms with van der Waals surface area (Å²) in [6.07, 6.45) is 2.56. The maximum Gasteiger partial charge on any atom is 0.315 e. The van der Waals surface area contributed by atoms with E-state index in [1.54, 1.807) is 22.9 Å². The van der Waals surface area contributed by atoms with E-state index in [1.165, 1.54) is 22.5 Å². The van der Waals surface area contributed by atoms with Gasteiger partial charge in [-0.3, -0.25) is 19.8 Å². The van der Waals surface area contributed by atoms with Gasteiger partial charge < -0.3 is 5.32 Å². The first-order valence-corrected chi connectivity index (χ1v) is 10.8. The molecule has 1 atom stereocenters. The number of carbonyl (C=O) groups excluding carboxylic acids is 2. The molecule has 0 aliphatic carbocycles. The molecule has 0 fully saturated rings. The predicted octanol–water partition coefficient (Wildman–Crippen LogP) is 3.06. The number of rotatable bonds is 5. The highest BCUT2D eigenvalue weighted by Crippen LogP contribution is 2.28. The lowest BCUT2D eigenvalue weighted by Gasteiger charge is -2.35. The minimum Gasteiger partial charge on any atom is -0.346 e. The second-order valence-corrected chi connectivity index (χ2v) is 8.24. The van der Waals surface area contributed by atoms with Crippen LogP contribution < -0.4 is 10.6 Å². The van der Waals surface area contributed by atoms with Gasteiger partial charge in [-0.1, -0.05) is 24.3 Å². The van der Waals surface area contributed by atoms with Gasteiger partial charge in [-0.25, -0.2) is 4.98 Å². The minimum atomic E-state index is -0.692. The third kappa shape index (κ3) is 4.30. The summed E-state index contributed by atoms with van der Waals surface area (Å²) in [4.78, 5) is 30.7. The summed E-state index contributed by atoms with van der Waals surface area (Å²) in [6, 6.07) is 10.6. The molecule has 1 aromatic carbocycles. The first kappa shape index (κ1) is 18.8. The molecule has 8 heteroatoms. The average molecular weight is 413 g/mol. The predicted molar refractivity (Wildman–Crippen MR) is 111 cm³/mol. The van der Waals surface area contributed by atoms with E-state index in [2.05, 4.69) is 56.2 Å². The zero-order valence-corrected chi connectivity index (χ0v) is 16.8. The van der Waals surface area contributed by atoms with Gasteiger partial charge in [0.15, 0.2) is 5.13 Å². The van der Waals surface area contributed by atoms with Crippen LogP contribution in [0.15, 0.2) is 52.7 Å². The largest absolute Gasteiger partial charge is 0.346 e. The van der Waals surface area contributed by atoms with Gasteiger partial charge in [-0.05, 0) is 39.9 Å². The molecule has 2 amide bonds. The SMILES string of the molecule is O=C(NCC(c1ccsc1)N1CCc2ccccc2C1)C(=O)Nc1nccs1. The van der Waals surface area contributed by atoms with Crippen LogP contribution in [0, 0.1) is 0 Å². The third-order valence-corrected chi connectivity index (χ3v) is 6.23. The van der Waals surface area contributed by atoms with Gasteiger partial charge in [-0.2, -0.15) is 11.3 Å². The van der Waals surface area contributed by atoms with Crippen molar-refractivity contribution >= 4 is 39.6 Å². The smallest absolute Gasteiger partial charge is 0.315 e. The molecule has 1 aliphatic rings. The van der Waals surface area contributed by atoms with Crippen molar-refractivity contribution in [2.24, 2.45) is 0 Å². The topological polar surface area (TPSA) is 74.3 Å². The Morgan fingerprint density at radius 3 is 2.75 bits per heavy atom. The van der Waals surface area contributed by atoms with Crippen molar-refractivity contribution in [3.8, 4) is 0 Å². The normalized spacial score (nSPS) is 14.9. The van der Waals surface area contributed by atoms with Gasteiger partial charge in [0.1, 0.15) is 0 Å². The molecule has 0 bridgehead atoms. The third-order valence-electron chi connectivity index (χ3n) is 4.84. The van der Waals surface area contributed by atoms with Gasteiger partial charge in [0.2, 0.25) is 0 Å². The number of thiophene rings is 1. The van der Waals surface area contributed by atoms with E-state index in [0.29, 0.717) is 11.7 Å². The maximum absolute atomic E-state index is 12.3. The summed E-state index contributed by atoms with van der Waals surface area (Å²) >= 11 is 2.91. The Bertz CT molecular complexity index is 941. The molecule has 2 N–H and O–H groups in total. The Hall–Kier alpha value is -2.55. The molecule has 0 saturated carbocycles. The van der Waals surface area contributed by atoms with E-state index in [0.717, 1.165) is 25.1 Å². The van der Waals surface area contributed by atoms with Crippen LogP contribution in [0.2, 0.25) is 0 Å². The Kier molecular flexibility index (Phi) is 5.80. The standard InChI is InChI=1S/C20H20N4O2S2/c25-18(19(26)23-20-21-7-10-28-20)22-11-17(16-6-9-27-13-16)24-8-5-14-3-1-2-4-15(14)12-24/h1-4,6-7,9-10,13,17H,5,8,11-12H2,(H,22,25)(H,21,23,26). The number of fused-ring (bicyclic) bond motifs is 1. The Morgan fingerprint density at radius 2 is 2.00 bits per heavy atom. The molecule has 0 spiro atoms. The molecule has 1 aliphatic heterocycles. The van der Waals surface area contributed by atoms with Gasteiger partial charge in [0, 0.05) is 31.2 Å². The van der Waals surface area contributed by atoms with E-state index in [-0.39, 0.29) is 6.04 Å². The molecule has 0 saturated heterocycles. The molecule has 2 aromatic heterocycles. The molecular formula is C20H20N4O2S2. The van der Waals surface area contributed by atoms with Crippen molar-refractivity contribution in [1.82, 2.24) is 15.2 Å². The second kappa shape index (κ2) is 8.64. The van der Waals surface area contributed by atoms with Crippen molar-refractivity contribution in [3.05, 3.63) is 69.4 Å². The molecule has 6 nitrogen and oxygen atoms in total. The number of carbonyl (C=O) groups is 2. The molecule has 28 heavy (non-hydrogen) atoms. The highest BCUT2D eigenvalue weighted by atomic mass is 32.1. The minimum absolute atomic E-state index is 0.0243. The number of hydrogen-bond donors (Lipinski definition) is 2. The van der Waals surface area contributed by atoms with Crippen molar-refractivity contribution in [3.63, 3.8) is 0 Å². The first-order valence-electron chi connectivity index (χ1n) is 9.02. The Balaban J connectivity index is 1.43. The lowest BCUT2D eigenvalue weighted by atomic mass is 9.97.